The number of nitrogens with zero attached hydrogens (tertiary/aromatic N) is 3. The Morgan fingerprint density at radius 3 is 2.43 bits per heavy atom. The maximum Gasteiger partial charge on any atom is 0.263 e. The van der Waals surface area contributed by atoms with Crippen molar-refractivity contribution >= 4 is 27.6 Å². The molecule has 0 spiro atoms. The first-order valence-corrected chi connectivity index (χ1v) is 8.87. The van der Waals surface area contributed by atoms with Gasteiger partial charge in [0.05, 0.1) is 4.90 Å². The molecule has 1 aromatic carbocycles. The molecule has 3 rings (SSSR count). The SMILES string of the molecule is CNc1cc(NS(=O)(=O)c2cc[c]cc2)nc(N2CCCC2)n1. The Hall–Kier alpha value is -2.35. The fourth-order valence-corrected chi connectivity index (χ4v) is 3.41. The van der Waals surface area contributed by atoms with Crippen molar-refractivity contribution in [1.29, 1.82) is 0 Å². The molecule has 1 aliphatic rings. The molecule has 121 valence electrons. The number of benzene rings is 1. The fourth-order valence-electron chi connectivity index (χ4n) is 2.42. The highest BCUT2D eigenvalue weighted by Gasteiger charge is 2.19. The topological polar surface area (TPSA) is 87.2 Å². The summed E-state index contributed by atoms with van der Waals surface area (Å²) in [5.41, 5.74) is 0. The lowest BCUT2D eigenvalue weighted by Crippen LogP contribution is -2.22. The Bertz CT molecular complexity index is 774. The molecule has 0 aliphatic carbocycles. The van der Waals surface area contributed by atoms with Gasteiger partial charge in [0.1, 0.15) is 11.6 Å². The van der Waals surface area contributed by atoms with Gasteiger partial charge >= 0.3 is 0 Å². The molecule has 1 saturated heterocycles. The zero-order valence-corrected chi connectivity index (χ0v) is 13.6. The van der Waals surface area contributed by atoms with E-state index in [9.17, 15) is 8.42 Å². The van der Waals surface area contributed by atoms with Gasteiger partial charge in [-0.3, -0.25) is 4.72 Å². The van der Waals surface area contributed by atoms with Gasteiger partial charge < -0.3 is 10.2 Å². The van der Waals surface area contributed by atoms with Gasteiger partial charge in [0.15, 0.2) is 0 Å². The molecule has 0 saturated carbocycles. The minimum Gasteiger partial charge on any atom is -0.373 e. The summed E-state index contributed by atoms with van der Waals surface area (Å²) in [5.74, 6) is 1.36. The molecule has 7 nitrogen and oxygen atoms in total. The van der Waals surface area contributed by atoms with Crippen LogP contribution >= 0.6 is 0 Å². The summed E-state index contributed by atoms with van der Waals surface area (Å²) in [5, 5.41) is 2.94. The van der Waals surface area contributed by atoms with Gasteiger partial charge in [-0.25, -0.2) is 8.42 Å². The van der Waals surface area contributed by atoms with Crippen molar-refractivity contribution in [3.05, 3.63) is 36.4 Å². The Morgan fingerprint density at radius 1 is 1.13 bits per heavy atom. The largest absolute Gasteiger partial charge is 0.373 e. The smallest absolute Gasteiger partial charge is 0.263 e. The normalized spacial score (nSPS) is 14.7. The van der Waals surface area contributed by atoms with Crippen LogP contribution in [0, 0.1) is 6.07 Å². The Balaban J connectivity index is 1.91. The van der Waals surface area contributed by atoms with Gasteiger partial charge in [-0.05, 0) is 31.0 Å². The molecular formula is C15H18N5O2S. The van der Waals surface area contributed by atoms with Crippen molar-refractivity contribution in [2.45, 2.75) is 17.7 Å². The summed E-state index contributed by atoms with van der Waals surface area (Å²) < 4.78 is 27.3. The molecule has 1 aromatic heterocycles. The molecule has 0 amide bonds. The van der Waals surface area contributed by atoms with Gasteiger partial charge in [-0.15, -0.1) is 0 Å². The maximum atomic E-state index is 12.4. The van der Waals surface area contributed by atoms with Crippen LogP contribution in [0.3, 0.4) is 0 Å². The monoisotopic (exact) mass is 332 g/mol. The minimum atomic E-state index is -3.69. The first kappa shape index (κ1) is 15.5. The molecule has 1 aliphatic heterocycles. The van der Waals surface area contributed by atoms with E-state index in [-0.39, 0.29) is 10.7 Å². The predicted octanol–water partition coefficient (Wildman–Crippen LogP) is 1.72. The zero-order chi connectivity index (χ0) is 16.3. The summed E-state index contributed by atoms with van der Waals surface area (Å²) in [7, 11) is -1.95. The van der Waals surface area contributed by atoms with E-state index in [0.29, 0.717) is 11.8 Å². The third kappa shape index (κ3) is 3.53. The lowest BCUT2D eigenvalue weighted by molar-refractivity contribution is 0.601. The van der Waals surface area contributed by atoms with E-state index in [1.54, 1.807) is 25.2 Å². The minimum absolute atomic E-state index is 0.170. The van der Waals surface area contributed by atoms with E-state index in [1.807, 2.05) is 0 Å². The van der Waals surface area contributed by atoms with Crippen LogP contribution in [0.15, 0.2) is 35.2 Å². The molecule has 8 heteroatoms. The Morgan fingerprint density at radius 2 is 1.78 bits per heavy atom. The fraction of sp³-hybridized carbons (Fsp3) is 0.333. The van der Waals surface area contributed by atoms with Gasteiger partial charge in [-0.1, -0.05) is 12.1 Å². The third-order valence-electron chi connectivity index (χ3n) is 3.60. The average Bonchev–Trinajstić information content (AvgIpc) is 3.09. The van der Waals surface area contributed by atoms with Gasteiger partial charge in [0.2, 0.25) is 5.95 Å². The average molecular weight is 332 g/mol. The highest BCUT2D eigenvalue weighted by molar-refractivity contribution is 7.92. The summed E-state index contributed by atoms with van der Waals surface area (Å²) in [6.07, 6.45) is 2.18. The maximum absolute atomic E-state index is 12.4. The Labute approximate surface area is 135 Å². The number of rotatable bonds is 5. The van der Waals surface area contributed by atoms with Crippen molar-refractivity contribution in [3.63, 3.8) is 0 Å². The predicted molar refractivity (Wildman–Crippen MR) is 89.1 cm³/mol. The zero-order valence-electron chi connectivity index (χ0n) is 12.8. The van der Waals surface area contributed by atoms with Gasteiger partial charge in [-0.2, -0.15) is 9.97 Å². The van der Waals surface area contributed by atoms with Crippen molar-refractivity contribution in [1.82, 2.24) is 9.97 Å². The van der Waals surface area contributed by atoms with E-state index in [1.165, 1.54) is 12.1 Å². The second-order valence-corrected chi connectivity index (χ2v) is 6.91. The van der Waals surface area contributed by atoms with Gasteiger partial charge in [0.25, 0.3) is 10.0 Å². The van der Waals surface area contributed by atoms with Crippen LogP contribution in [-0.4, -0.2) is 38.5 Å². The number of hydrogen-bond acceptors (Lipinski definition) is 6. The van der Waals surface area contributed by atoms with Crippen LogP contribution < -0.4 is 14.9 Å². The van der Waals surface area contributed by atoms with Crippen LogP contribution in [0.1, 0.15) is 12.8 Å². The Kier molecular flexibility index (Phi) is 4.33. The summed E-state index contributed by atoms with van der Waals surface area (Å²) in [6.45, 7) is 1.77. The lowest BCUT2D eigenvalue weighted by Gasteiger charge is -2.17. The molecule has 0 bridgehead atoms. The van der Waals surface area contributed by atoms with Crippen LogP contribution in [-0.2, 0) is 10.0 Å². The second kappa shape index (κ2) is 6.41. The van der Waals surface area contributed by atoms with E-state index >= 15 is 0 Å². The highest BCUT2D eigenvalue weighted by atomic mass is 32.2. The second-order valence-electron chi connectivity index (χ2n) is 5.22. The van der Waals surface area contributed by atoms with Crippen molar-refractivity contribution in [3.8, 4) is 0 Å². The number of anilines is 3. The van der Waals surface area contributed by atoms with E-state index in [4.69, 9.17) is 0 Å². The van der Waals surface area contributed by atoms with Crippen molar-refractivity contribution in [2.24, 2.45) is 0 Å². The van der Waals surface area contributed by atoms with Crippen LogP contribution in [0.2, 0.25) is 0 Å². The molecular weight excluding hydrogens is 314 g/mol. The molecule has 23 heavy (non-hydrogen) atoms. The molecule has 2 aromatic rings. The number of nitrogens with one attached hydrogen (secondary N) is 2. The van der Waals surface area contributed by atoms with Crippen LogP contribution in [0.25, 0.3) is 0 Å². The van der Waals surface area contributed by atoms with E-state index < -0.39 is 10.0 Å². The van der Waals surface area contributed by atoms with Crippen LogP contribution in [0.5, 0.6) is 0 Å². The molecule has 2 N–H and O–H groups in total. The highest BCUT2D eigenvalue weighted by Crippen LogP contribution is 2.22. The number of aromatic nitrogens is 2. The standard InChI is InChI=1S/C15H18N5O2S/c1-16-13-11-14(18-15(17-13)20-9-5-6-10-20)19-23(21,22)12-7-3-2-4-8-12/h3-4,7-8,11H,5-6,9-10H2,1H3,(H2,16,17,18,19). The first-order chi connectivity index (χ1) is 11.1. The lowest BCUT2D eigenvalue weighted by atomic mass is 10.4. The summed E-state index contributed by atoms with van der Waals surface area (Å²) in [4.78, 5) is 11.0. The molecule has 0 unspecified atom stereocenters. The van der Waals surface area contributed by atoms with Crippen molar-refractivity contribution < 1.29 is 8.42 Å². The molecule has 1 radical (unpaired) electrons. The van der Waals surface area contributed by atoms with Crippen molar-refractivity contribution in [2.75, 3.05) is 35.1 Å². The summed E-state index contributed by atoms with van der Waals surface area (Å²) >= 11 is 0. The molecule has 1 fully saturated rings. The van der Waals surface area contributed by atoms with Gasteiger partial charge in [0, 0.05) is 26.2 Å². The number of sulfonamides is 1. The summed E-state index contributed by atoms with van der Waals surface area (Å²) in [6, 6.07) is 10.5. The third-order valence-corrected chi connectivity index (χ3v) is 4.97. The number of hydrogen-bond donors (Lipinski definition) is 2. The van der Waals surface area contributed by atoms with E-state index in [2.05, 4.69) is 31.0 Å². The molecule has 2 heterocycles. The first-order valence-electron chi connectivity index (χ1n) is 7.39. The quantitative estimate of drug-likeness (QED) is 0.867. The molecule has 0 atom stereocenters. The van der Waals surface area contributed by atoms with E-state index in [0.717, 1.165) is 25.9 Å². The van der Waals surface area contributed by atoms with Crippen LogP contribution in [0.4, 0.5) is 17.6 Å².